The molecule has 0 unspecified atom stereocenters. The number of hydrogen-bond donors (Lipinski definition) is 0. The molecule has 0 aliphatic heterocycles. The van der Waals surface area contributed by atoms with E-state index in [1.807, 2.05) is 49.4 Å². The van der Waals surface area contributed by atoms with E-state index in [0.717, 1.165) is 33.5 Å². The molecule has 0 aliphatic carbocycles. The molecule has 4 nitrogen and oxygen atoms in total. The van der Waals surface area contributed by atoms with E-state index in [1.165, 1.54) is 0 Å². The predicted molar refractivity (Wildman–Crippen MR) is 97.0 cm³/mol. The molecule has 0 saturated heterocycles. The third-order valence-electron chi connectivity index (χ3n) is 4.38. The Labute approximate surface area is 141 Å². The first kappa shape index (κ1) is 16.0. The van der Waals surface area contributed by atoms with Gasteiger partial charge in [0.1, 0.15) is 17.1 Å². The normalized spacial score (nSPS) is 11.3. The smallest absolute Gasteiger partial charge is 0.497 e. The summed E-state index contributed by atoms with van der Waals surface area (Å²) >= 11 is 0. The van der Waals surface area contributed by atoms with Gasteiger partial charge in [0.2, 0.25) is 0 Å². The van der Waals surface area contributed by atoms with Gasteiger partial charge in [0.25, 0.3) is 0 Å². The van der Waals surface area contributed by atoms with E-state index < -0.39 is 0 Å². The van der Waals surface area contributed by atoms with Crippen LogP contribution in [0.2, 0.25) is 0 Å². The van der Waals surface area contributed by atoms with Crippen molar-refractivity contribution in [1.82, 2.24) is 4.57 Å². The van der Waals surface area contributed by atoms with Gasteiger partial charge in [0, 0.05) is 6.07 Å². The van der Waals surface area contributed by atoms with Gasteiger partial charge < -0.3 is 4.74 Å². The van der Waals surface area contributed by atoms with Crippen molar-refractivity contribution in [2.24, 2.45) is 14.1 Å². The van der Waals surface area contributed by atoms with E-state index in [0.29, 0.717) is 0 Å². The summed E-state index contributed by atoms with van der Waals surface area (Å²) in [6.45, 7) is 1.93. The molecule has 1 heterocycles. The van der Waals surface area contributed by atoms with Crippen LogP contribution in [0, 0.1) is 6.92 Å². The lowest BCUT2D eigenvalue weighted by Crippen LogP contribution is -2.53. The minimum absolute atomic E-state index is 0.0369. The van der Waals surface area contributed by atoms with Gasteiger partial charge in [-0.2, -0.15) is 13.9 Å². The van der Waals surface area contributed by atoms with Crippen molar-refractivity contribution >= 4 is 22.9 Å². The Morgan fingerprint density at radius 2 is 1.88 bits per heavy atom. The lowest BCUT2D eigenvalue weighted by atomic mass is 10.0. The first-order chi connectivity index (χ1) is 11.5. The second-order valence-electron chi connectivity index (χ2n) is 5.88. The summed E-state index contributed by atoms with van der Waals surface area (Å²) in [6.07, 6.45) is 3.99. The molecular formula is C20H21N2O2+. The highest BCUT2D eigenvalue weighted by atomic mass is 16.5. The molecular weight excluding hydrogens is 300 g/mol. The number of hydrogen-bond acceptors (Lipinski definition) is 2. The minimum Gasteiger partial charge on any atom is -0.497 e. The molecule has 0 N–H and O–H groups in total. The molecule has 122 valence electrons. The van der Waals surface area contributed by atoms with E-state index >= 15 is 0 Å². The Morgan fingerprint density at radius 1 is 1.12 bits per heavy atom. The molecule has 0 aliphatic rings. The Hall–Kier alpha value is -2.88. The Bertz CT molecular complexity index is 1000. The van der Waals surface area contributed by atoms with Crippen LogP contribution in [0.25, 0.3) is 22.9 Å². The molecule has 0 bridgehead atoms. The number of methoxy groups -OCH3 is 1. The zero-order valence-corrected chi connectivity index (χ0v) is 14.4. The molecule has 24 heavy (non-hydrogen) atoms. The maximum atomic E-state index is 12.2. The summed E-state index contributed by atoms with van der Waals surface area (Å²) < 4.78 is 8.68. The summed E-state index contributed by atoms with van der Waals surface area (Å²) in [5.74, 6) is 0.817. The summed E-state index contributed by atoms with van der Waals surface area (Å²) in [4.78, 5) is 12.2. The second kappa shape index (κ2) is 6.32. The fourth-order valence-corrected chi connectivity index (χ4v) is 2.80. The first-order valence-electron chi connectivity index (χ1n) is 7.83. The lowest BCUT2D eigenvalue weighted by Gasteiger charge is -2.07. The monoisotopic (exact) mass is 321 g/mol. The largest absolute Gasteiger partial charge is 0.498 e. The molecule has 4 heteroatoms. The molecule has 0 fully saturated rings. The van der Waals surface area contributed by atoms with Gasteiger partial charge >= 0.3 is 5.69 Å². The zero-order chi connectivity index (χ0) is 17.3. The zero-order valence-electron chi connectivity index (χ0n) is 14.4. The van der Waals surface area contributed by atoms with Gasteiger partial charge in [-0.1, -0.05) is 30.3 Å². The number of nitrogens with zero attached hydrogens (tertiary/aromatic N) is 2. The van der Waals surface area contributed by atoms with E-state index in [4.69, 9.17) is 4.74 Å². The van der Waals surface area contributed by atoms with Crippen molar-refractivity contribution in [3.05, 3.63) is 69.9 Å². The minimum atomic E-state index is -0.0369. The van der Waals surface area contributed by atoms with Gasteiger partial charge in [-0.15, -0.1) is 0 Å². The van der Waals surface area contributed by atoms with Crippen molar-refractivity contribution in [3.63, 3.8) is 0 Å². The lowest BCUT2D eigenvalue weighted by molar-refractivity contribution is -0.692. The molecule has 0 amide bonds. The topological polar surface area (TPSA) is 35.1 Å². The molecule has 0 saturated carbocycles. The Kier molecular flexibility index (Phi) is 4.21. The predicted octanol–water partition coefficient (Wildman–Crippen LogP) is 2.85. The summed E-state index contributed by atoms with van der Waals surface area (Å²) in [5, 5.41) is 2.28. The van der Waals surface area contributed by atoms with Gasteiger partial charge in [-0.05, 0) is 41.5 Å². The number of fused-ring (bicyclic) bond motifs is 1. The molecule has 3 rings (SSSR count). The molecule has 0 radical (unpaired) electrons. The van der Waals surface area contributed by atoms with Crippen LogP contribution in [-0.2, 0) is 14.1 Å². The second-order valence-corrected chi connectivity index (χ2v) is 5.88. The fourth-order valence-electron chi connectivity index (χ4n) is 2.80. The molecule has 0 atom stereocenters. The third kappa shape index (κ3) is 2.83. The van der Waals surface area contributed by atoms with Gasteiger partial charge in [-0.3, -0.25) is 0 Å². The highest BCUT2D eigenvalue weighted by Gasteiger charge is 2.11. The Morgan fingerprint density at radius 3 is 2.62 bits per heavy atom. The van der Waals surface area contributed by atoms with E-state index in [1.54, 1.807) is 30.3 Å². The average Bonchev–Trinajstić information content (AvgIpc) is 2.61. The third-order valence-corrected chi connectivity index (χ3v) is 4.38. The van der Waals surface area contributed by atoms with E-state index in [9.17, 15) is 4.79 Å². The Balaban J connectivity index is 2.14. The SMILES string of the molecule is COc1cc(/C=C/c2cc(C)n(C)c(=O)[n+]2C)c2ccccc2c1. The van der Waals surface area contributed by atoms with E-state index in [-0.39, 0.29) is 5.69 Å². The number of aromatic nitrogens is 2. The van der Waals surface area contributed by atoms with Crippen molar-refractivity contribution < 1.29 is 9.30 Å². The van der Waals surface area contributed by atoms with E-state index in [2.05, 4.69) is 12.1 Å². The maximum absolute atomic E-state index is 12.2. The van der Waals surface area contributed by atoms with Gasteiger partial charge in [-0.25, -0.2) is 0 Å². The highest BCUT2D eigenvalue weighted by molar-refractivity contribution is 5.93. The van der Waals surface area contributed by atoms with Crippen LogP contribution in [0.1, 0.15) is 17.0 Å². The van der Waals surface area contributed by atoms with Crippen LogP contribution < -0.4 is 15.0 Å². The first-order valence-corrected chi connectivity index (χ1v) is 7.83. The standard InChI is InChI=1S/C20H21N2O2/c1-14-11-17(22(3)20(23)21(14)2)10-9-16-13-18(24-4)12-15-7-5-6-8-19(15)16/h5-13H,1-4H3/q+1/b10-9+. The number of ether oxygens (including phenoxy) is 1. The molecule has 3 aromatic rings. The number of benzene rings is 2. The summed E-state index contributed by atoms with van der Waals surface area (Å²) in [5.41, 5.74) is 2.81. The van der Waals surface area contributed by atoms with Crippen LogP contribution in [0.4, 0.5) is 0 Å². The van der Waals surface area contributed by atoms with Crippen LogP contribution in [-0.4, -0.2) is 11.7 Å². The maximum Gasteiger partial charge on any atom is 0.498 e. The van der Waals surface area contributed by atoms with Crippen LogP contribution >= 0.6 is 0 Å². The summed E-state index contributed by atoms with van der Waals surface area (Å²) in [7, 11) is 5.23. The van der Waals surface area contributed by atoms with Crippen LogP contribution in [0.5, 0.6) is 5.75 Å². The fraction of sp³-hybridized carbons (Fsp3) is 0.200. The molecule has 0 spiro atoms. The van der Waals surface area contributed by atoms with Crippen molar-refractivity contribution in [2.75, 3.05) is 7.11 Å². The van der Waals surface area contributed by atoms with Crippen molar-refractivity contribution in [2.45, 2.75) is 6.92 Å². The average molecular weight is 321 g/mol. The number of aryl methyl sites for hydroxylation is 1. The molecule has 1 aromatic heterocycles. The van der Waals surface area contributed by atoms with Crippen molar-refractivity contribution in [1.29, 1.82) is 0 Å². The molecule has 2 aromatic carbocycles. The van der Waals surface area contributed by atoms with Gasteiger partial charge in [0.05, 0.1) is 21.2 Å². The van der Waals surface area contributed by atoms with Crippen LogP contribution in [0.3, 0.4) is 0 Å². The highest BCUT2D eigenvalue weighted by Crippen LogP contribution is 2.26. The summed E-state index contributed by atoms with van der Waals surface area (Å²) in [6, 6.07) is 14.2. The van der Waals surface area contributed by atoms with Crippen molar-refractivity contribution in [3.8, 4) is 5.75 Å². The van der Waals surface area contributed by atoms with Gasteiger partial charge in [0.15, 0.2) is 0 Å². The quantitative estimate of drug-likeness (QED) is 0.695. The number of rotatable bonds is 3. The van der Waals surface area contributed by atoms with Crippen LogP contribution in [0.15, 0.2) is 47.3 Å².